The number of esters is 1. The molecule has 0 aliphatic heterocycles. The smallest absolute Gasteiger partial charge is 0.339 e. The summed E-state index contributed by atoms with van der Waals surface area (Å²) in [5.41, 5.74) is 1.29. The van der Waals surface area contributed by atoms with E-state index >= 15 is 0 Å². The molecule has 0 aromatic heterocycles. The van der Waals surface area contributed by atoms with E-state index < -0.39 is 11.9 Å². The highest BCUT2D eigenvalue weighted by Gasteiger charge is 2.37. The summed E-state index contributed by atoms with van der Waals surface area (Å²) < 4.78 is 32.1. The molecule has 3 nitrogen and oxygen atoms in total. The predicted molar refractivity (Wildman–Crippen MR) is 85.7 cm³/mol. The molecular weight excluding hydrogens is 356 g/mol. The fraction of sp³-hybridized carbons (Fsp3) is 0.562. The fourth-order valence-electron chi connectivity index (χ4n) is 2.97. The van der Waals surface area contributed by atoms with Crippen molar-refractivity contribution in [3.05, 3.63) is 28.2 Å². The summed E-state index contributed by atoms with van der Waals surface area (Å²) in [4.78, 5) is 13.9. The summed E-state index contributed by atoms with van der Waals surface area (Å²) in [6.45, 7) is 2.68. The number of anilines is 1. The number of nitrogens with zero attached hydrogens (tertiary/aromatic N) is 1. The van der Waals surface area contributed by atoms with Crippen molar-refractivity contribution in [2.24, 2.45) is 0 Å². The predicted octanol–water partition coefficient (Wildman–Crippen LogP) is 4.64. The van der Waals surface area contributed by atoms with Gasteiger partial charge in [-0.15, -0.1) is 0 Å². The molecule has 0 heterocycles. The Kier molecular flexibility index (Phi) is 5.42. The van der Waals surface area contributed by atoms with Crippen LogP contribution in [0.1, 0.15) is 43.0 Å². The highest BCUT2D eigenvalue weighted by Crippen LogP contribution is 2.39. The summed E-state index contributed by atoms with van der Waals surface area (Å²) in [6.07, 6.45) is 0.746. The van der Waals surface area contributed by atoms with E-state index in [9.17, 15) is 13.6 Å². The van der Waals surface area contributed by atoms with Gasteiger partial charge < -0.3 is 9.64 Å². The Bertz CT molecular complexity index is 541. The van der Waals surface area contributed by atoms with Gasteiger partial charge in [0.25, 0.3) is 0 Å². The molecule has 0 unspecified atom stereocenters. The SMILES string of the molecule is CCN(c1cccc(C(=O)OC)c1Br)C1CCC(F)(F)CC1. The molecule has 0 N–H and O–H groups in total. The Balaban J connectivity index is 2.27. The molecule has 0 radical (unpaired) electrons. The number of alkyl halides is 2. The van der Waals surface area contributed by atoms with Crippen molar-refractivity contribution in [1.82, 2.24) is 0 Å². The van der Waals surface area contributed by atoms with Crippen LogP contribution in [0.25, 0.3) is 0 Å². The average Bonchev–Trinajstić information content (AvgIpc) is 2.50. The van der Waals surface area contributed by atoms with Crippen LogP contribution >= 0.6 is 15.9 Å². The Labute approximate surface area is 137 Å². The van der Waals surface area contributed by atoms with Crippen molar-refractivity contribution in [3.8, 4) is 0 Å². The molecule has 1 aromatic carbocycles. The lowest BCUT2D eigenvalue weighted by atomic mass is 9.90. The summed E-state index contributed by atoms with van der Waals surface area (Å²) in [7, 11) is 1.34. The van der Waals surface area contributed by atoms with Crippen molar-refractivity contribution >= 4 is 27.6 Å². The molecule has 0 amide bonds. The third kappa shape index (κ3) is 3.59. The zero-order chi connectivity index (χ0) is 16.3. The maximum absolute atomic E-state index is 13.4. The maximum Gasteiger partial charge on any atom is 0.339 e. The van der Waals surface area contributed by atoms with E-state index in [-0.39, 0.29) is 18.9 Å². The lowest BCUT2D eigenvalue weighted by Crippen LogP contribution is -2.41. The van der Waals surface area contributed by atoms with E-state index in [4.69, 9.17) is 4.74 Å². The van der Waals surface area contributed by atoms with Gasteiger partial charge in [-0.05, 0) is 47.8 Å². The lowest BCUT2D eigenvalue weighted by molar-refractivity contribution is -0.0380. The standard InChI is InChI=1S/C16H20BrF2NO2/c1-3-20(11-7-9-16(18,19)10-8-11)13-6-4-5-12(14(13)17)15(21)22-2/h4-6,11H,3,7-10H2,1-2H3. The van der Waals surface area contributed by atoms with Gasteiger partial charge in [0, 0.05) is 25.4 Å². The molecule has 1 fully saturated rings. The van der Waals surface area contributed by atoms with E-state index in [1.165, 1.54) is 7.11 Å². The zero-order valence-electron chi connectivity index (χ0n) is 12.7. The first-order valence-corrected chi connectivity index (χ1v) is 8.20. The minimum Gasteiger partial charge on any atom is -0.465 e. The second-order valence-corrected chi connectivity index (χ2v) is 6.30. The monoisotopic (exact) mass is 375 g/mol. The molecule has 1 aliphatic carbocycles. The van der Waals surface area contributed by atoms with Gasteiger partial charge in [-0.3, -0.25) is 0 Å². The minimum atomic E-state index is -2.54. The van der Waals surface area contributed by atoms with Crippen LogP contribution in [-0.2, 0) is 4.74 Å². The third-order valence-electron chi connectivity index (χ3n) is 4.16. The summed E-state index contributed by atoms with van der Waals surface area (Å²) >= 11 is 3.46. The first kappa shape index (κ1) is 17.2. The molecule has 0 saturated heterocycles. The van der Waals surface area contributed by atoms with Crippen LogP contribution in [0.5, 0.6) is 0 Å². The average molecular weight is 376 g/mol. The van der Waals surface area contributed by atoms with Gasteiger partial charge in [0.1, 0.15) is 0 Å². The molecule has 0 bridgehead atoms. The molecule has 2 rings (SSSR count). The largest absolute Gasteiger partial charge is 0.465 e. The number of hydrogen-bond donors (Lipinski definition) is 0. The highest BCUT2D eigenvalue weighted by atomic mass is 79.9. The summed E-state index contributed by atoms with van der Waals surface area (Å²) in [6, 6.07) is 5.43. The van der Waals surface area contributed by atoms with Crippen molar-refractivity contribution in [2.75, 3.05) is 18.6 Å². The maximum atomic E-state index is 13.4. The first-order chi connectivity index (χ1) is 10.4. The Morgan fingerprint density at radius 3 is 2.59 bits per heavy atom. The van der Waals surface area contributed by atoms with Gasteiger partial charge in [0.05, 0.1) is 22.8 Å². The fourth-order valence-corrected chi connectivity index (χ4v) is 3.62. The van der Waals surface area contributed by atoms with Crippen LogP contribution in [0.15, 0.2) is 22.7 Å². The second-order valence-electron chi connectivity index (χ2n) is 5.50. The van der Waals surface area contributed by atoms with Crippen LogP contribution in [0.3, 0.4) is 0 Å². The van der Waals surface area contributed by atoms with Gasteiger partial charge in [0.2, 0.25) is 5.92 Å². The van der Waals surface area contributed by atoms with E-state index in [1.54, 1.807) is 12.1 Å². The van der Waals surface area contributed by atoms with Gasteiger partial charge >= 0.3 is 5.97 Å². The van der Waals surface area contributed by atoms with Crippen LogP contribution in [-0.4, -0.2) is 31.6 Å². The summed E-state index contributed by atoms with van der Waals surface area (Å²) in [5, 5.41) is 0. The van der Waals surface area contributed by atoms with Crippen molar-refractivity contribution < 1.29 is 18.3 Å². The van der Waals surface area contributed by atoms with Gasteiger partial charge in [-0.1, -0.05) is 6.07 Å². The molecule has 1 saturated carbocycles. The normalized spacial score (nSPS) is 18.0. The number of halogens is 3. The van der Waals surface area contributed by atoms with Gasteiger partial charge in [-0.2, -0.15) is 0 Å². The van der Waals surface area contributed by atoms with E-state index in [2.05, 4.69) is 20.8 Å². The van der Waals surface area contributed by atoms with E-state index in [1.807, 2.05) is 13.0 Å². The molecule has 122 valence electrons. The molecule has 6 heteroatoms. The third-order valence-corrected chi connectivity index (χ3v) is 4.99. The van der Waals surface area contributed by atoms with Crippen molar-refractivity contribution in [2.45, 2.75) is 44.6 Å². The second kappa shape index (κ2) is 6.94. The van der Waals surface area contributed by atoms with Crippen LogP contribution in [0.2, 0.25) is 0 Å². The quantitative estimate of drug-likeness (QED) is 0.717. The molecule has 1 aliphatic rings. The zero-order valence-corrected chi connectivity index (χ0v) is 14.3. The highest BCUT2D eigenvalue weighted by molar-refractivity contribution is 9.10. The molecule has 1 aromatic rings. The molecule has 0 atom stereocenters. The van der Waals surface area contributed by atoms with Crippen LogP contribution in [0.4, 0.5) is 14.5 Å². The van der Waals surface area contributed by atoms with E-state index in [0.29, 0.717) is 29.4 Å². The molecular formula is C16H20BrF2NO2. The minimum absolute atomic E-state index is 0.0637. The number of benzene rings is 1. The number of ether oxygens (including phenoxy) is 1. The number of rotatable bonds is 4. The topological polar surface area (TPSA) is 29.5 Å². The number of carbonyl (C=O) groups excluding carboxylic acids is 1. The van der Waals surface area contributed by atoms with Crippen LogP contribution in [0, 0.1) is 0 Å². The van der Waals surface area contributed by atoms with Crippen molar-refractivity contribution in [1.29, 1.82) is 0 Å². The van der Waals surface area contributed by atoms with E-state index in [0.717, 1.165) is 5.69 Å². The van der Waals surface area contributed by atoms with Crippen LogP contribution < -0.4 is 4.90 Å². The van der Waals surface area contributed by atoms with Gasteiger partial charge in [0.15, 0.2) is 0 Å². The molecule has 22 heavy (non-hydrogen) atoms. The van der Waals surface area contributed by atoms with Crippen molar-refractivity contribution in [3.63, 3.8) is 0 Å². The Morgan fingerprint density at radius 2 is 2.05 bits per heavy atom. The number of carbonyl (C=O) groups is 1. The number of methoxy groups -OCH3 is 1. The Hall–Kier alpha value is -1.17. The molecule has 0 spiro atoms. The lowest BCUT2D eigenvalue weighted by Gasteiger charge is -2.38. The van der Waals surface area contributed by atoms with Gasteiger partial charge in [-0.25, -0.2) is 13.6 Å². The number of hydrogen-bond acceptors (Lipinski definition) is 3. The summed E-state index contributed by atoms with van der Waals surface area (Å²) in [5.74, 6) is -2.96. The first-order valence-electron chi connectivity index (χ1n) is 7.41. The Morgan fingerprint density at radius 1 is 1.41 bits per heavy atom.